The van der Waals surface area contributed by atoms with Crippen molar-refractivity contribution in [2.75, 3.05) is 6.54 Å². The molecule has 3 nitrogen and oxygen atoms in total. The summed E-state index contributed by atoms with van der Waals surface area (Å²) in [5, 5.41) is 0.936. The van der Waals surface area contributed by atoms with Gasteiger partial charge in [0.2, 0.25) is 0 Å². The lowest BCUT2D eigenvalue weighted by Gasteiger charge is -2.00. The fourth-order valence-corrected chi connectivity index (χ4v) is 1.43. The maximum atomic E-state index is 11.0. The largest absolute Gasteiger partial charge is 0.423 e. The Labute approximate surface area is 81.1 Å². The molecule has 1 aromatic carbocycles. The fourth-order valence-electron chi connectivity index (χ4n) is 1.43. The van der Waals surface area contributed by atoms with Gasteiger partial charge in [-0.2, -0.15) is 0 Å². The predicted octanol–water partition coefficient (Wildman–Crippen LogP) is 1.29. The first-order valence-corrected chi connectivity index (χ1v) is 4.52. The van der Waals surface area contributed by atoms with Crippen LogP contribution >= 0.6 is 0 Å². The van der Waals surface area contributed by atoms with Gasteiger partial charge in [0, 0.05) is 11.5 Å². The first-order valence-electron chi connectivity index (χ1n) is 4.52. The molecule has 0 radical (unpaired) electrons. The third-order valence-electron chi connectivity index (χ3n) is 2.12. The van der Waals surface area contributed by atoms with Gasteiger partial charge in [-0.05, 0) is 30.7 Å². The van der Waals surface area contributed by atoms with Gasteiger partial charge in [0.1, 0.15) is 5.58 Å². The summed E-state index contributed by atoms with van der Waals surface area (Å²) in [6.45, 7) is 0.600. The second kappa shape index (κ2) is 3.64. The molecule has 3 heteroatoms. The lowest BCUT2D eigenvalue weighted by atomic mass is 10.1. The Morgan fingerprint density at radius 1 is 1.21 bits per heavy atom. The van der Waals surface area contributed by atoms with Crippen molar-refractivity contribution in [2.24, 2.45) is 5.73 Å². The summed E-state index contributed by atoms with van der Waals surface area (Å²) in [4.78, 5) is 11.0. The van der Waals surface area contributed by atoms with E-state index in [1.165, 1.54) is 6.07 Å². The first kappa shape index (κ1) is 8.97. The molecule has 0 aliphatic rings. The maximum Gasteiger partial charge on any atom is 0.336 e. The van der Waals surface area contributed by atoms with Gasteiger partial charge in [0.05, 0.1) is 0 Å². The zero-order valence-corrected chi connectivity index (χ0v) is 7.69. The lowest BCUT2D eigenvalue weighted by molar-refractivity contribution is 0.560. The molecule has 0 amide bonds. The number of hydrogen-bond acceptors (Lipinski definition) is 3. The van der Waals surface area contributed by atoms with E-state index in [0.29, 0.717) is 12.1 Å². The highest BCUT2D eigenvalue weighted by Crippen LogP contribution is 2.13. The summed E-state index contributed by atoms with van der Waals surface area (Å²) in [6, 6.07) is 8.97. The smallest absolute Gasteiger partial charge is 0.336 e. The van der Waals surface area contributed by atoms with E-state index in [1.807, 2.05) is 18.2 Å². The molecular formula is C11H11NO2. The van der Waals surface area contributed by atoms with E-state index in [1.54, 1.807) is 6.07 Å². The molecule has 0 fully saturated rings. The van der Waals surface area contributed by atoms with E-state index in [0.717, 1.165) is 17.4 Å². The van der Waals surface area contributed by atoms with Crippen LogP contribution in [0.3, 0.4) is 0 Å². The Hall–Kier alpha value is -1.61. The Morgan fingerprint density at radius 2 is 2.00 bits per heavy atom. The number of rotatable bonds is 2. The summed E-state index contributed by atoms with van der Waals surface area (Å²) in [6.07, 6.45) is 0.800. The van der Waals surface area contributed by atoms with Gasteiger partial charge in [-0.15, -0.1) is 0 Å². The summed E-state index contributed by atoms with van der Waals surface area (Å²) in [7, 11) is 0. The van der Waals surface area contributed by atoms with Crippen LogP contribution < -0.4 is 11.4 Å². The van der Waals surface area contributed by atoms with E-state index in [4.69, 9.17) is 10.2 Å². The molecule has 0 aliphatic heterocycles. The molecule has 0 bridgehead atoms. The minimum absolute atomic E-state index is 0.317. The molecule has 0 spiro atoms. The monoisotopic (exact) mass is 189 g/mol. The average molecular weight is 189 g/mol. The quantitative estimate of drug-likeness (QED) is 0.724. The molecule has 14 heavy (non-hydrogen) atoms. The second-order valence-electron chi connectivity index (χ2n) is 3.17. The van der Waals surface area contributed by atoms with Crippen molar-refractivity contribution in [1.29, 1.82) is 0 Å². The SMILES string of the molecule is NCCc1ccc2ccc(=O)oc2c1. The van der Waals surface area contributed by atoms with Gasteiger partial charge in [-0.1, -0.05) is 12.1 Å². The Bertz CT molecular complexity index is 502. The third kappa shape index (κ3) is 1.67. The number of nitrogens with two attached hydrogens (primary N) is 1. The van der Waals surface area contributed by atoms with Crippen LogP contribution in [0, 0.1) is 0 Å². The summed E-state index contributed by atoms with van der Waals surface area (Å²) >= 11 is 0. The predicted molar refractivity (Wildman–Crippen MR) is 55.2 cm³/mol. The van der Waals surface area contributed by atoms with E-state index in [9.17, 15) is 4.79 Å². The second-order valence-corrected chi connectivity index (χ2v) is 3.17. The van der Waals surface area contributed by atoms with E-state index >= 15 is 0 Å². The van der Waals surface area contributed by atoms with Gasteiger partial charge in [-0.3, -0.25) is 0 Å². The molecule has 0 saturated heterocycles. The average Bonchev–Trinajstić information content (AvgIpc) is 2.17. The first-order chi connectivity index (χ1) is 6.79. The Morgan fingerprint density at radius 3 is 2.79 bits per heavy atom. The van der Waals surface area contributed by atoms with Crippen molar-refractivity contribution in [3.05, 3.63) is 46.3 Å². The minimum atomic E-state index is -0.317. The lowest BCUT2D eigenvalue weighted by Crippen LogP contribution is -2.02. The minimum Gasteiger partial charge on any atom is -0.423 e. The summed E-state index contributed by atoms with van der Waals surface area (Å²) in [5.74, 6) is 0. The molecule has 72 valence electrons. The van der Waals surface area contributed by atoms with E-state index in [2.05, 4.69) is 0 Å². The van der Waals surface area contributed by atoms with E-state index in [-0.39, 0.29) is 5.63 Å². The van der Waals surface area contributed by atoms with Gasteiger partial charge < -0.3 is 10.2 Å². The molecule has 2 rings (SSSR count). The number of hydrogen-bond donors (Lipinski definition) is 1. The Kier molecular flexibility index (Phi) is 2.33. The molecule has 1 aromatic heterocycles. The molecule has 0 aliphatic carbocycles. The topological polar surface area (TPSA) is 56.2 Å². The maximum absolute atomic E-state index is 11.0. The zero-order valence-electron chi connectivity index (χ0n) is 7.69. The van der Waals surface area contributed by atoms with Crippen LogP contribution in [0.5, 0.6) is 0 Å². The van der Waals surface area contributed by atoms with Crippen molar-refractivity contribution in [1.82, 2.24) is 0 Å². The highest BCUT2D eigenvalue weighted by Gasteiger charge is 1.98. The van der Waals surface area contributed by atoms with Crippen molar-refractivity contribution in [3.63, 3.8) is 0 Å². The van der Waals surface area contributed by atoms with E-state index < -0.39 is 0 Å². The highest BCUT2D eigenvalue weighted by atomic mass is 16.4. The summed E-state index contributed by atoms with van der Waals surface area (Å²) in [5.41, 5.74) is 6.85. The Balaban J connectivity index is 2.58. The van der Waals surface area contributed by atoms with Crippen LogP contribution in [0.25, 0.3) is 11.0 Å². The van der Waals surface area contributed by atoms with Gasteiger partial charge >= 0.3 is 5.63 Å². The number of benzene rings is 1. The highest BCUT2D eigenvalue weighted by molar-refractivity contribution is 5.76. The molecule has 0 unspecified atom stereocenters. The summed E-state index contributed by atoms with van der Waals surface area (Å²) < 4.78 is 5.05. The van der Waals surface area contributed by atoms with Gasteiger partial charge in [0.15, 0.2) is 0 Å². The zero-order chi connectivity index (χ0) is 9.97. The van der Waals surface area contributed by atoms with Gasteiger partial charge in [-0.25, -0.2) is 4.79 Å². The van der Waals surface area contributed by atoms with Crippen LogP contribution in [-0.4, -0.2) is 6.54 Å². The molecular weight excluding hydrogens is 178 g/mol. The fraction of sp³-hybridized carbons (Fsp3) is 0.182. The van der Waals surface area contributed by atoms with Crippen molar-refractivity contribution < 1.29 is 4.42 Å². The van der Waals surface area contributed by atoms with Crippen LogP contribution in [0.1, 0.15) is 5.56 Å². The van der Waals surface area contributed by atoms with Crippen LogP contribution in [0.2, 0.25) is 0 Å². The van der Waals surface area contributed by atoms with Crippen molar-refractivity contribution in [2.45, 2.75) is 6.42 Å². The molecule has 2 N–H and O–H groups in total. The van der Waals surface area contributed by atoms with Crippen molar-refractivity contribution in [3.8, 4) is 0 Å². The normalized spacial score (nSPS) is 10.6. The van der Waals surface area contributed by atoms with Crippen LogP contribution in [-0.2, 0) is 6.42 Å². The van der Waals surface area contributed by atoms with Crippen LogP contribution in [0.15, 0.2) is 39.5 Å². The van der Waals surface area contributed by atoms with Crippen LogP contribution in [0.4, 0.5) is 0 Å². The standard InChI is InChI=1S/C11H11NO2/c12-6-5-8-1-2-9-3-4-11(13)14-10(9)7-8/h1-4,7H,5-6,12H2. The van der Waals surface area contributed by atoms with Gasteiger partial charge in [0.25, 0.3) is 0 Å². The third-order valence-corrected chi connectivity index (χ3v) is 2.12. The molecule has 2 aromatic rings. The molecule has 0 atom stereocenters. The van der Waals surface area contributed by atoms with Crippen molar-refractivity contribution >= 4 is 11.0 Å². The molecule has 0 saturated carbocycles. The molecule has 1 heterocycles. The number of fused-ring (bicyclic) bond motifs is 1.